The van der Waals surface area contributed by atoms with Gasteiger partial charge in [0.25, 0.3) is 5.69 Å². The van der Waals surface area contributed by atoms with Crippen molar-refractivity contribution in [1.82, 2.24) is 9.97 Å². The number of nitrogens with two attached hydrogens (primary N) is 1. The highest BCUT2D eigenvalue weighted by molar-refractivity contribution is 9.10. The molecule has 0 aliphatic heterocycles. The average molecular weight is 329 g/mol. The van der Waals surface area contributed by atoms with Gasteiger partial charge in [0.2, 0.25) is 5.88 Å². The topological polar surface area (TPSA) is 104 Å². The minimum absolute atomic E-state index is 0.0141. The Morgan fingerprint density at radius 1 is 1.42 bits per heavy atom. The van der Waals surface area contributed by atoms with Gasteiger partial charge >= 0.3 is 0 Å². The van der Waals surface area contributed by atoms with Crippen LogP contribution < -0.4 is 10.5 Å². The first-order chi connectivity index (χ1) is 8.99. The van der Waals surface area contributed by atoms with E-state index < -0.39 is 10.7 Å². The summed E-state index contributed by atoms with van der Waals surface area (Å²) in [6, 6.07) is 3.02. The van der Waals surface area contributed by atoms with Gasteiger partial charge in [0.15, 0.2) is 11.6 Å². The maximum absolute atomic E-state index is 13.6. The maximum Gasteiger partial charge on any atom is 0.272 e. The number of nitrogen functional groups attached to an aromatic ring is 1. The Hall–Kier alpha value is -2.29. The Kier molecular flexibility index (Phi) is 3.56. The Labute approximate surface area is 114 Å². The van der Waals surface area contributed by atoms with Crippen molar-refractivity contribution in [1.29, 1.82) is 0 Å². The highest BCUT2D eigenvalue weighted by Crippen LogP contribution is 2.32. The summed E-state index contributed by atoms with van der Waals surface area (Å²) in [7, 11) is 0. The van der Waals surface area contributed by atoms with Gasteiger partial charge in [-0.2, -0.15) is 0 Å². The molecular formula is C10H6BrFN4O3. The van der Waals surface area contributed by atoms with Crippen molar-refractivity contribution in [2.45, 2.75) is 0 Å². The van der Waals surface area contributed by atoms with Crippen LogP contribution in [0.3, 0.4) is 0 Å². The Balaban J connectivity index is 2.34. The van der Waals surface area contributed by atoms with Crippen LogP contribution in [0, 0.1) is 15.9 Å². The lowest BCUT2D eigenvalue weighted by molar-refractivity contribution is -0.385. The van der Waals surface area contributed by atoms with E-state index in [1.54, 1.807) is 0 Å². The number of benzene rings is 1. The molecule has 0 amide bonds. The number of hydrogen-bond acceptors (Lipinski definition) is 6. The first-order valence-electron chi connectivity index (χ1n) is 4.87. The lowest BCUT2D eigenvalue weighted by Gasteiger charge is -2.07. The number of nitrogens with zero attached hydrogens (tertiary/aromatic N) is 3. The minimum Gasteiger partial charge on any atom is -0.435 e. The van der Waals surface area contributed by atoms with Crippen molar-refractivity contribution in [2.24, 2.45) is 0 Å². The second kappa shape index (κ2) is 5.14. The third-order valence-corrected chi connectivity index (χ3v) is 2.86. The highest BCUT2D eigenvalue weighted by atomic mass is 79.9. The summed E-state index contributed by atoms with van der Waals surface area (Å²) in [6.07, 6.45) is 1.15. The van der Waals surface area contributed by atoms with Gasteiger partial charge in [-0.25, -0.2) is 14.4 Å². The van der Waals surface area contributed by atoms with Crippen LogP contribution in [0.25, 0.3) is 0 Å². The summed E-state index contributed by atoms with van der Waals surface area (Å²) in [5.74, 6) is -0.935. The van der Waals surface area contributed by atoms with E-state index in [1.807, 2.05) is 0 Å². The van der Waals surface area contributed by atoms with Crippen LogP contribution in [0.2, 0.25) is 0 Å². The summed E-state index contributed by atoms with van der Waals surface area (Å²) < 4.78 is 19.1. The molecule has 9 heteroatoms. The lowest BCUT2D eigenvalue weighted by atomic mass is 10.3. The van der Waals surface area contributed by atoms with Gasteiger partial charge in [-0.15, -0.1) is 0 Å². The second-order valence-corrected chi connectivity index (χ2v) is 4.14. The van der Waals surface area contributed by atoms with E-state index in [1.165, 1.54) is 0 Å². The third kappa shape index (κ3) is 2.76. The molecule has 19 heavy (non-hydrogen) atoms. The van der Waals surface area contributed by atoms with Gasteiger partial charge in [-0.1, -0.05) is 0 Å². The average Bonchev–Trinajstić information content (AvgIpc) is 2.37. The van der Waals surface area contributed by atoms with Gasteiger partial charge in [-0.05, 0) is 22.0 Å². The van der Waals surface area contributed by atoms with Crippen molar-refractivity contribution in [3.63, 3.8) is 0 Å². The SMILES string of the molecule is Nc1ncnc(Oc2ccc([N+](=O)[O-])cc2F)c1Br. The molecule has 0 radical (unpaired) electrons. The largest absolute Gasteiger partial charge is 0.435 e. The van der Waals surface area contributed by atoms with Crippen molar-refractivity contribution >= 4 is 27.4 Å². The molecule has 0 atom stereocenters. The molecule has 2 N–H and O–H groups in total. The van der Waals surface area contributed by atoms with Gasteiger partial charge in [0, 0.05) is 6.07 Å². The van der Waals surface area contributed by atoms with Crippen LogP contribution in [0.4, 0.5) is 15.9 Å². The summed E-state index contributed by atoms with van der Waals surface area (Å²) in [4.78, 5) is 17.2. The van der Waals surface area contributed by atoms with Gasteiger partial charge < -0.3 is 10.5 Å². The first kappa shape index (κ1) is 13.1. The fourth-order valence-electron chi connectivity index (χ4n) is 1.23. The molecule has 2 aromatic rings. The number of rotatable bonds is 3. The molecular weight excluding hydrogens is 323 g/mol. The quantitative estimate of drug-likeness (QED) is 0.686. The Morgan fingerprint density at radius 3 is 2.79 bits per heavy atom. The fourth-order valence-corrected chi connectivity index (χ4v) is 1.51. The molecule has 0 saturated carbocycles. The molecule has 7 nitrogen and oxygen atoms in total. The Morgan fingerprint density at radius 2 is 2.16 bits per heavy atom. The summed E-state index contributed by atoms with van der Waals surface area (Å²) >= 11 is 3.09. The molecule has 0 aliphatic carbocycles. The molecule has 0 aliphatic rings. The highest BCUT2D eigenvalue weighted by Gasteiger charge is 2.15. The van der Waals surface area contributed by atoms with E-state index in [4.69, 9.17) is 10.5 Å². The molecule has 0 spiro atoms. The zero-order chi connectivity index (χ0) is 14.0. The molecule has 98 valence electrons. The predicted octanol–water partition coefficient (Wildman–Crippen LogP) is 2.66. The van der Waals surface area contributed by atoms with Crippen molar-refractivity contribution in [3.05, 3.63) is 44.9 Å². The first-order valence-corrected chi connectivity index (χ1v) is 5.66. The maximum atomic E-state index is 13.6. The van der Waals surface area contributed by atoms with Gasteiger partial charge in [-0.3, -0.25) is 10.1 Å². The van der Waals surface area contributed by atoms with Crippen LogP contribution in [0.1, 0.15) is 0 Å². The Bertz CT molecular complexity index is 653. The second-order valence-electron chi connectivity index (χ2n) is 3.35. The molecule has 0 fully saturated rings. The number of aromatic nitrogens is 2. The monoisotopic (exact) mass is 328 g/mol. The van der Waals surface area contributed by atoms with E-state index in [-0.39, 0.29) is 27.6 Å². The standard InChI is InChI=1S/C10H6BrFN4O3/c11-8-9(13)14-4-15-10(8)19-7-2-1-5(16(17)18)3-6(7)12/h1-4H,(H2,13,14,15). The van der Waals surface area contributed by atoms with E-state index in [9.17, 15) is 14.5 Å². The van der Waals surface area contributed by atoms with Crippen molar-refractivity contribution in [2.75, 3.05) is 5.73 Å². The van der Waals surface area contributed by atoms with Crippen LogP contribution >= 0.6 is 15.9 Å². The van der Waals surface area contributed by atoms with Crippen LogP contribution in [0.15, 0.2) is 29.0 Å². The molecule has 1 heterocycles. The third-order valence-electron chi connectivity index (χ3n) is 2.12. The smallest absolute Gasteiger partial charge is 0.272 e. The number of hydrogen-bond donors (Lipinski definition) is 1. The van der Waals surface area contributed by atoms with E-state index in [2.05, 4.69) is 25.9 Å². The number of ether oxygens (including phenoxy) is 1. The number of nitro groups is 1. The lowest BCUT2D eigenvalue weighted by Crippen LogP contribution is -1.98. The molecule has 2 rings (SSSR count). The van der Waals surface area contributed by atoms with Crippen molar-refractivity contribution in [3.8, 4) is 11.6 Å². The number of halogens is 2. The van der Waals surface area contributed by atoms with E-state index in [0.29, 0.717) is 0 Å². The van der Waals surface area contributed by atoms with Gasteiger partial charge in [0.1, 0.15) is 16.6 Å². The van der Waals surface area contributed by atoms with Crippen LogP contribution in [-0.4, -0.2) is 14.9 Å². The zero-order valence-corrected chi connectivity index (χ0v) is 10.8. The molecule has 0 saturated heterocycles. The fraction of sp³-hybridized carbons (Fsp3) is 0. The predicted molar refractivity (Wildman–Crippen MR) is 67.3 cm³/mol. The molecule has 0 bridgehead atoms. The molecule has 1 aromatic heterocycles. The number of anilines is 1. The minimum atomic E-state index is -0.877. The summed E-state index contributed by atoms with van der Waals surface area (Å²) in [6.45, 7) is 0. The summed E-state index contributed by atoms with van der Waals surface area (Å²) in [5, 5.41) is 10.5. The normalized spacial score (nSPS) is 10.2. The van der Waals surface area contributed by atoms with Crippen molar-refractivity contribution < 1.29 is 14.1 Å². The van der Waals surface area contributed by atoms with E-state index >= 15 is 0 Å². The van der Waals surface area contributed by atoms with Gasteiger partial charge in [0.05, 0.1) is 11.0 Å². The van der Waals surface area contributed by atoms with E-state index in [0.717, 1.165) is 24.5 Å². The summed E-state index contributed by atoms with van der Waals surface area (Å²) in [5.41, 5.74) is 5.15. The number of nitro benzene ring substituents is 1. The van der Waals surface area contributed by atoms with Crippen LogP contribution in [0.5, 0.6) is 11.6 Å². The molecule has 0 unspecified atom stereocenters. The molecule has 1 aromatic carbocycles. The zero-order valence-electron chi connectivity index (χ0n) is 9.21. The number of non-ortho nitro benzene ring substituents is 1. The van der Waals surface area contributed by atoms with Crippen LogP contribution in [-0.2, 0) is 0 Å².